The van der Waals surface area contributed by atoms with Crippen molar-refractivity contribution in [2.75, 3.05) is 5.73 Å². The Morgan fingerprint density at radius 3 is 2.89 bits per heavy atom. The number of rotatable bonds is 0. The highest BCUT2D eigenvalue weighted by molar-refractivity contribution is 5.41. The number of aromatic amines is 1. The second-order valence-corrected chi connectivity index (χ2v) is 1.47. The van der Waals surface area contributed by atoms with E-state index >= 15 is 0 Å². The van der Waals surface area contributed by atoms with E-state index in [1.807, 2.05) is 0 Å². The number of aromatic hydroxyl groups is 1. The monoisotopic (exact) mass is 127 g/mol. The fourth-order valence-corrected chi connectivity index (χ4v) is 0.406. The number of nitrogen functional groups attached to an aromatic ring is 1. The van der Waals surface area contributed by atoms with E-state index in [1.54, 1.807) is 0 Å². The van der Waals surface area contributed by atoms with Crippen LogP contribution in [0, 0.1) is 0 Å². The molecule has 0 fully saturated rings. The summed E-state index contributed by atoms with van der Waals surface area (Å²) in [6, 6.07) is 0. The molecule has 0 unspecified atom stereocenters. The molecular formula is C4H5N3O2. The van der Waals surface area contributed by atoms with Crippen molar-refractivity contribution < 1.29 is 5.11 Å². The summed E-state index contributed by atoms with van der Waals surface area (Å²) in [6.45, 7) is 0. The fourth-order valence-electron chi connectivity index (χ4n) is 0.406. The molecule has 48 valence electrons. The zero-order chi connectivity index (χ0) is 6.85. The summed E-state index contributed by atoms with van der Waals surface area (Å²) in [5.41, 5.74) is 4.42. The van der Waals surface area contributed by atoms with Gasteiger partial charge in [-0.15, -0.1) is 0 Å². The van der Waals surface area contributed by atoms with Crippen molar-refractivity contribution >= 4 is 5.82 Å². The van der Waals surface area contributed by atoms with E-state index in [0.29, 0.717) is 0 Å². The molecule has 0 aliphatic carbocycles. The molecule has 0 radical (unpaired) electrons. The lowest BCUT2D eigenvalue weighted by atomic mass is 10.5. The smallest absolute Gasteiger partial charge is 0.295 e. The standard InChI is InChI=1S/C4H5N3O2/c5-3-2(8)4(9)7-1-6-3/h1,8H,(H3,5,6,7,9). The van der Waals surface area contributed by atoms with Crippen molar-refractivity contribution in [3.8, 4) is 5.75 Å². The van der Waals surface area contributed by atoms with Gasteiger partial charge in [0.25, 0.3) is 5.56 Å². The second kappa shape index (κ2) is 1.77. The minimum atomic E-state index is -0.623. The summed E-state index contributed by atoms with van der Waals surface area (Å²) in [4.78, 5) is 16.0. The third-order valence-corrected chi connectivity index (χ3v) is 0.857. The Labute approximate surface area is 50.2 Å². The van der Waals surface area contributed by atoms with Crippen LogP contribution in [-0.2, 0) is 0 Å². The van der Waals surface area contributed by atoms with Crippen LogP contribution in [0.2, 0.25) is 0 Å². The summed E-state index contributed by atoms with van der Waals surface area (Å²) < 4.78 is 0. The number of hydrogen-bond acceptors (Lipinski definition) is 4. The molecule has 1 rings (SSSR count). The summed E-state index contributed by atoms with van der Waals surface area (Å²) in [6.07, 6.45) is 1.12. The summed E-state index contributed by atoms with van der Waals surface area (Å²) in [5, 5.41) is 8.68. The van der Waals surface area contributed by atoms with Crippen LogP contribution in [-0.4, -0.2) is 15.1 Å². The third-order valence-electron chi connectivity index (χ3n) is 0.857. The number of nitrogens with zero attached hydrogens (tertiary/aromatic N) is 1. The van der Waals surface area contributed by atoms with Gasteiger partial charge in [0.2, 0.25) is 5.75 Å². The van der Waals surface area contributed by atoms with E-state index in [9.17, 15) is 4.79 Å². The lowest BCUT2D eigenvalue weighted by Gasteiger charge is -1.91. The molecule has 0 amide bonds. The van der Waals surface area contributed by atoms with Crippen LogP contribution < -0.4 is 11.3 Å². The average Bonchev–Trinajstić information content (AvgIpc) is 1.83. The Morgan fingerprint density at radius 1 is 1.78 bits per heavy atom. The lowest BCUT2D eigenvalue weighted by Crippen LogP contribution is -2.07. The summed E-state index contributed by atoms with van der Waals surface area (Å²) in [7, 11) is 0. The minimum Gasteiger partial charge on any atom is -0.500 e. The normalized spacial score (nSPS) is 9.33. The van der Waals surface area contributed by atoms with E-state index in [4.69, 9.17) is 10.8 Å². The lowest BCUT2D eigenvalue weighted by molar-refractivity contribution is 0.466. The molecule has 0 saturated carbocycles. The highest BCUT2D eigenvalue weighted by Gasteiger charge is 1.98. The zero-order valence-electron chi connectivity index (χ0n) is 4.46. The Kier molecular flexibility index (Phi) is 1.11. The largest absolute Gasteiger partial charge is 0.500 e. The maximum absolute atomic E-state index is 10.4. The Hall–Kier alpha value is -1.52. The number of anilines is 1. The van der Waals surface area contributed by atoms with Crippen molar-refractivity contribution in [2.45, 2.75) is 0 Å². The van der Waals surface area contributed by atoms with Crippen LogP contribution in [0.3, 0.4) is 0 Å². The van der Waals surface area contributed by atoms with Crippen molar-refractivity contribution in [1.82, 2.24) is 9.97 Å². The maximum atomic E-state index is 10.4. The maximum Gasteiger partial charge on any atom is 0.295 e. The van der Waals surface area contributed by atoms with E-state index in [2.05, 4.69) is 9.97 Å². The van der Waals surface area contributed by atoms with Gasteiger partial charge >= 0.3 is 0 Å². The van der Waals surface area contributed by atoms with E-state index < -0.39 is 11.3 Å². The molecule has 4 N–H and O–H groups in total. The predicted molar refractivity (Wildman–Crippen MR) is 30.9 cm³/mol. The predicted octanol–water partition coefficient (Wildman–Crippen LogP) is -0.942. The summed E-state index contributed by atoms with van der Waals surface area (Å²) in [5.74, 6) is -0.684. The van der Waals surface area contributed by atoms with Gasteiger partial charge in [0.05, 0.1) is 6.33 Å². The highest BCUT2D eigenvalue weighted by atomic mass is 16.3. The minimum absolute atomic E-state index is 0.154. The molecule has 5 heteroatoms. The molecule has 0 atom stereocenters. The Bertz CT molecular complexity index is 267. The molecule has 1 heterocycles. The second-order valence-electron chi connectivity index (χ2n) is 1.47. The Morgan fingerprint density at radius 2 is 2.44 bits per heavy atom. The van der Waals surface area contributed by atoms with Gasteiger partial charge in [-0.3, -0.25) is 4.79 Å². The molecule has 0 aliphatic heterocycles. The van der Waals surface area contributed by atoms with Gasteiger partial charge < -0.3 is 15.8 Å². The van der Waals surface area contributed by atoms with Gasteiger partial charge in [-0.1, -0.05) is 0 Å². The van der Waals surface area contributed by atoms with Gasteiger partial charge in [-0.2, -0.15) is 0 Å². The van der Waals surface area contributed by atoms with Gasteiger partial charge in [0, 0.05) is 0 Å². The number of nitrogens with one attached hydrogen (secondary N) is 1. The first-order valence-electron chi connectivity index (χ1n) is 2.24. The van der Waals surface area contributed by atoms with E-state index in [-0.39, 0.29) is 5.82 Å². The average molecular weight is 127 g/mol. The van der Waals surface area contributed by atoms with Gasteiger partial charge in [-0.25, -0.2) is 4.98 Å². The first-order chi connectivity index (χ1) is 4.22. The van der Waals surface area contributed by atoms with Crippen LogP contribution in [0.15, 0.2) is 11.1 Å². The molecular weight excluding hydrogens is 122 g/mol. The van der Waals surface area contributed by atoms with Crippen LogP contribution in [0.1, 0.15) is 0 Å². The molecule has 0 bridgehead atoms. The van der Waals surface area contributed by atoms with Crippen LogP contribution >= 0.6 is 0 Å². The number of nitrogens with two attached hydrogens (primary N) is 1. The summed E-state index contributed by atoms with van der Waals surface area (Å²) >= 11 is 0. The highest BCUT2D eigenvalue weighted by Crippen LogP contribution is 2.04. The third kappa shape index (κ3) is 0.835. The molecule has 0 aromatic carbocycles. The van der Waals surface area contributed by atoms with Gasteiger partial charge in [0.15, 0.2) is 5.82 Å². The van der Waals surface area contributed by atoms with Crippen molar-refractivity contribution in [2.24, 2.45) is 0 Å². The van der Waals surface area contributed by atoms with Gasteiger partial charge in [0.1, 0.15) is 0 Å². The molecule has 9 heavy (non-hydrogen) atoms. The first kappa shape index (κ1) is 5.61. The number of hydrogen-bond donors (Lipinski definition) is 3. The molecule has 1 aromatic rings. The van der Waals surface area contributed by atoms with Crippen molar-refractivity contribution in [1.29, 1.82) is 0 Å². The number of aromatic nitrogens is 2. The number of H-pyrrole nitrogens is 1. The zero-order valence-corrected chi connectivity index (χ0v) is 4.46. The van der Waals surface area contributed by atoms with E-state index in [1.165, 1.54) is 0 Å². The molecule has 0 saturated heterocycles. The topological polar surface area (TPSA) is 92.0 Å². The van der Waals surface area contributed by atoms with Crippen LogP contribution in [0.4, 0.5) is 5.82 Å². The van der Waals surface area contributed by atoms with Crippen LogP contribution in [0.25, 0.3) is 0 Å². The molecule has 0 spiro atoms. The molecule has 1 aromatic heterocycles. The van der Waals surface area contributed by atoms with E-state index in [0.717, 1.165) is 6.33 Å². The van der Waals surface area contributed by atoms with Gasteiger partial charge in [-0.05, 0) is 0 Å². The van der Waals surface area contributed by atoms with Crippen LogP contribution in [0.5, 0.6) is 5.75 Å². The Balaban J connectivity index is 3.43. The fraction of sp³-hybridized carbons (Fsp3) is 0. The first-order valence-corrected chi connectivity index (χ1v) is 2.24. The molecule has 5 nitrogen and oxygen atoms in total. The van der Waals surface area contributed by atoms with Crippen molar-refractivity contribution in [3.05, 3.63) is 16.7 Å². The molecule has 0 aliphatic rings. The SMILES string of the molecule is Nc1nc[nH]c(=O)c1O. The van der Waals surface area contributed by atoms with Crippen molar-refractivity contribution in [3.63, 3.8) is 0 Å². The quantitative estimate of drug-likeness (QED) is 0.419.